The van der Waals surface area contributed by atoms with Crippen molar-refractivity contribution in [3.8, 4) is 5.75 Å². The van der Waals surface area contributed by atoms with E-state index in [9.17, 15) is 13.2 Å². The van der Waals surface area contributed by atoms with E-state index in [-0.39, 0.29) is 23.3 Å². The third-order valence-electron chi connectivity index (χ3n) is 7.03. The van der Waals surface area contributed by atoms with Crippen LogP contribution in [0.2, 0.25) is 5.02 Å². The van der Waals surface area contributed by atoms with Gasteiger partial charge in [0.05, 0.1) is 23.4 Å². The summed E-state index contributed by atoms with van der Waals surface area (Å²) in [5.41, 5.74) is 1.93. The van der Waals surface area contributed by atoms with Crippen LogP contribution in [0.4, 0.5) is 5.69 Å². The summed E-state index contributed by atoms with van der Waals surface area (Å²) in [6.45, 7) is 3.20. The highest BCUT2D eigenvalue weighted by Gasteiger charge is 2.36. The predicted octanol–water partition coefficient (Wildman–Crippen LogP) is 3.65. The lowest BCUT2D eigenvalue weighted by atomic mass is 9.97. The predicted molar refractivity (Wildman–Crippen MR) is 140 cm³/mol. The summed E-state index contributed by atoms with van der Waals surface area (Å²) in [5, 5.41) is 1.69. The van der Waals surface area contributed by atoms with Crippen molar-refractivity contribution in [2.75, 3.05) is 51.3 Å². The van der Waals surface area contributed by atoms with Crippen molar-refractivity contribution in [2.45, 2.75) is 17.7 Å². The van der Waals surface area contributed by atoms with Gasteiger partial charge in [-0.2, -0.15) is 4.31 Å². The highest BCUT2D eigenvalue weighted by Crippen LogP contribution is 2.30. The number of amides is 1. The molecule has 1 unspecified atom stereocenters. The Morgan fingerprint density at radius 2 is 1.86 bits per heavy atom. The van der Waals surface area contributed by atoms with Crippen molar-refractivity contribution in [3.63, 3.8) is 0 Å². The number of methoxy groups -OCH3 is 1. The van der Waals surface area contributed by atoms with Gasteiger partial charge in [0, 0.05) is 67.6 Å². The summed E-state index contributed by atoms with van der Waals surface area (Å²) < 4.78 is 33.1. The molecule has 3 aromatic rings. The third kappa shape index (κ3) is 4.87. The minimum Gasteiger partial charge on any atom is -0.497 e. The molecule has 0 aliphatic carbocycles. The molecule has 2 aliphatic heterocycles. The first-order valence-electron chi connectivity index (χ1n) is 12.1. The number of pyridine rings is 1. The average Bonchev–Trinajstić information content (AvgIpc) is 2.92. The molecule has 1 aromatic heterocycles. The number of rotatable bonds is 5. The number of sulfonamides is 1. The number of piperidine rings is 1. The zero-order valence-electron chi connectivity index (χ0n) is 20.1. The minimum atomic E-state index is -3.70. The Morgan fingerprint density at radius 3 is 2.64 bits per heavy atom. The van der Waals surface area contributed by atoms with Crippen LogP contribution in [0.5, 0.6) is 5.75 Å². The number of hydrogen-bond donors (Lipinski definition) is 0. The first-order valence-corrected chi connectivity index (χ1v) is 13.9. The molecule has 1 atom stereocenters. The van der Waals surface area contributed by atoms with E-state index in [1.54, 1.807) is 24.4 Å². The Balaban J connectivity index is 1.25. The van der Waals surface area contributed by atoms with Gasteiger partial charge in [-0.1, -0.05) is 17.7 Å². The van der Waals surface area contributed by atoms with Crippen molar-refractivity contribution in [2.24, 2.45) is 5.92 Å². The zero-order chi connectivity index (χ0) is 25.3. The number of ether oxygens (including phenoxy) is 1. The van der Waals surface area contributed by atoms with Crippen molar-refractivity contribution in [1.82, 2.24) is 14.2 Å². The Hall–Kier alpha value is -2.88. The molecular formula is C26H29ClN4O4S. The zero-order valence-corrected chi connectivity index (χ0v) is 21.7. The molecule has 0 saturated carbocycles. The lowest BCUT2D eigenvalue weighted by Crippen LogP contribution is -2.53. The van der Waals surface area contributed by atoms with Crippen LogP contribution in [0.3, 0.4) is 0 Å². The topological polar surface area (TPSA) is 83.0 Å². The first kappa shape index (κ1) is 24.8. The lowest BCUT2D eigenvalue weighted by Gasteiger charge is -2.39. The fraction of sp³-hybridized carbons (Fsp3) is 0.385. The SMILES string of the molecule is COc1cccc(S(=O)(=O)N2CCCC(C(=O)N3CCN(c4ccnc5cc(Cl)ccc45)CC3)C2)c1. The Morgan fingerprint density at radius 1 is 1.06 bits per heavy atom. The Labute approximate surface area is 216 Å². The molecule has 190 valence electrons. The van der Waals surface area contributed by atoms with Gasteiger partial charge >= 0.3 is 0 Å². The fourth-order valence-corrected chi connectivity index (χ4v) is 6.81. The maximum atomic E-state index is 13.4. The number of anilines is 1. The van der Waals surface area contributed by atoms with Gasteiger partial charge < -0.3 is 14.5 Å². The van der Waals surface area contributed by atoms with Gasteiger partial charge in [-0.15, -0.1) is 0 Å². The largest absolute Gasteiger partial charge is 0.497 e. The van der Waals surface area contributed by atoms with E-state index in [0.29, 0.717) is 56.3 Å². The summed E-state index contributed by atoms with van der Waals surface area (Å²) in [4.78, 5) is 22.2. The van der Waals surface area contributed by atoms with E-state index in [1.165, 1.54) is 17.5 Å². The average molecular weight is 529 g/mol. The van der Waals surface area contributed by atoms with Crippen LogP contribution in [0.15, 0.2) is 59.6 Å². The summed E-state index contributed by atoms with van der Waals surface area (Å²) in [7, 11) is -2.19. The normalized spacial score (nSPS) is 19.4. The van der Waals surface area contributed by atoms with Crippen molar-refractivity contribution < 1.29 is 17.9 Å². The van der Waals surface area contributed by atoms with Gasteiger partial charge in [-0.3, -0.25) is 9.78 Å². The number of halogens is 1. The maximum absolute atomic E-state index is 13.4. The molecule has 0 bridgehead atoms. The Bertz CT molecular complexity index is 1380. The smallest absolute Gasteiger partial charge is 0.243 e. The summed E-state index contributed by atoms with van der Waals surface area (Å²) in [6, 6.07) is 14.2. The molecule has 5 rings (SSSR count). The molecule has 10 heteroatoms. The van der Waals surface area contributed by atoms with E-state index in [2.05, 4.69) is 9.88 Å². The second-order valence-corrected chi connectivity index (χ2v) is 11.6. The number of benzene rings is 2. The monoisotopic (exact) mass is 528 g/mol. The molecule has 0 spiro atoms. The van der Waals surface area contributed by atoms with E-state index in [0.717, 1.165) is 16.6 Å². The lowest BCUT2D eigenvalue weighted by molar-refractivity contribution is -0.137. The van der Waals surface area contributed by atoms with Crippen LogP contribution in [0, 0.1) is 5.92 Å². The molecule has 2 fully saturated rings. The van der Waals surface area contributed by atoms with Gasteiger partial charge in [-0.05, 0) is 49.2 Å². The van der Waals surface area contributed by atoms with Crippen LogP contribution < -0.4 is 9.64 Å². The van der Waals surface area contributed by atoms with Crippen molar-refractivity contribution in [3.05, 3.63) is 59.8 Å². The Kier molecular flexibility index (Phi) is 7.05. The van der Waals surface area contributed by atoms with Crippen LogP contribution in [-0.4, -0.2) is 74.9 Å². The van der Waals surface area contributed by atoms with Gasteiger partial charge in [0.25, 0.3) is 0 Å². The van der Waals surface area contributed by atoms with Gasteiger partial charge in [0.2, 0.25) is 15.9 Å². The molecule has 36 heavy (non-hydrogen) atoms. The van der Waals surface area contributed by atoms with Crippen LogP contribution in [-0.2, 0) is 14.8 Å². The molecule has 3 heterocycles. The van der Waals surface area contributed by atoms with Gasteiger partial charge in [0.15, 0.2) is 0 Å². The summed E-state index contributed by atoms with van der Waals surface area (Å²) in [5.74, 6) is 0.185. The van der Waals surface area contributed by atoms with E-state index >= 15 is 0 Å². The number of piperazine rings is 1. The highest BCUT2D eigenvalue weighted by molar-refractivity contribution is 7.89. The second-order valence-electron chi connectivity index (χ2n) is 9.19. The van der Waals surface area contributed by atoms with Crippen molar-refractivity contribution >= 4 is 44.1 Å². The number of hydrogen-bond acceptors (Lipinski definition) is 6. The fourth-order valence-electron chi connectivity index (χ4n) is 5.08. The molecule has 1 amide bonds. The number of nitrogens with zero attached hydrogens (tertiary/aromatic N) is 4. The maximum Gasteiger partial charge on any atom is 0.243 e. The van der Waals surface area contributed by atoms with Gasteiger partial charge in [-0.25, -0.2) is 8.42 Å². The van der Waals surface area contributed by atoms with E-state index < -0.39 is 10.0 Å². The standard InChI is InChI=1S/C26H29ClN4O4S/c1-35-21-5-2-6-22(17-21)36(33,34)31-11-3-4-19(18-31)26(32)30-14-12-29(13-15-30)25-9-10-28-24-16-20(27)7-8-23(24)25/h2,5-10,16-17,19H,3-4,11-15,18H2,1H3. The van der Waals surface area contributed by atoms with Crippen LogP contribution in [0.1, 0.15) is 12.8 Å². The van der Waals surface area contributed by atoms with Crippen LogP contribution in [0.25, 0.3) is 10.9 Å². The summed E-state index contributed by atoms with van der Waals surface area (Å²) in [6.07, 6.45) is 3.13. The number of carbonyl (C=O) groups excluding carboxylic acids is 1. The molecule has 0 radical (unpaired) electrons. The number of aromatic nitrogens is 1. The molecule has 2 saturated heterocycles. The summed E-state index contributed by atoms with van der Waals surface area (Å²) >= 11 is 6.13. The molecule has 2 aliphatic rings. The molecule has 8 nitrogen and oxygen atoms in total. The molecular weight excluding hydrogens is 500 g/mol. The third-order valence-corrected chi connectivity index (χ3v) is 9.12. The molecule has 0 N–H and O–H groups in total. The van der Waals surface area contributed by atoms with E-state index in [4.69, 9.17) is 16.3 Å². The molecule has 2 aromatic carbocycles. The van der Waals surface area contributed by atoms with Crippen molar-refractivity contribution in [1.29, 1.82) is 0 Å². The van der Waals surface area contributed by atoms with E-state index in [1.807, 2.05) is 29.2 Å². The quantitative estimate of drug-likeness (QED) is 0.503. The van der Waals surface area contributed by atoms with Crippen LogP contribution >= 0.6 is 11.6 Å². The second kappa shape index (κ2) is 10.2. The highest BCUT2D eigenvalue weighted by atomic mass is 35.5. The van der Waals surface area contributed by atoms with Gasteiger partial charge in [0.1, 0.15) is 5.75 Å². The number of fused-ring (bicyclic) bond motifs is 1. The minimum absolute atomic E-state index is 0.0339. The first-order chi connectivity index (χ1) is 17.4. The number of carbonyl (C=O) groups is 1.